The van der Waals surface area contributed by atoms with E-state index in [2.05, 4.69) is 19.6 Å². The zero-order valence-electron chi connectivity index (χ0n) is 13.0. The molecule has 0 spiro atoms. The van der Waals surface area contributed by atoms with Gasteiger partial charge in [0.1, 0.15) is 5.82 Å². The standard InChI is InChI=1S/C16H19N5O/c1-12(22-3)10-21-7-6-18-16(21)14-4-5-17-9-15(14)13-8-19-20(2)11-13/h4-9,11-12H,10H2,1-3H3. The first-order valence-electron chi connectivity index (χ1n) is 7.16. The van der Waals surface area contributed by atoms with E-state index in [0.29, 0.717) is 0 Å². The lowest BCUT2D eigenvalue weighted by Crippen LogP contribution is -2.15. The molecule has 0 aromatic carbocycles. The van der Waals surface area contributed by atoms with Gasteiger partial charge >= 0.3 is 0 Å². The zero-order valence-corrected chi connectivity index (χ0v) is 13.0. The number of imidazole rings is 1. The number of rotatable bonds is 5. The highest BCUT2D eigenvalue weighted by molar-refractivity contribution is 5.79. The summed E-state index contributed by atoms with van der Waals surface area (Å²) in [6.45, 7) is 2.79. The predicted octanol–water partition coefficient (Wildman–Crippen LogP) is 2.38. The lowest BCUT2D eigenvalue weighted by molar-refractivity contribution is 0.103. The van der Waals surface area contributed by atoms with Crippen LogP contribution in [0.4, 0.5) is 0 Å². The van der Waals surface area contributed by atoms with E-state index in [0.717, 1.165) is 29.1 Å². The van der Waals surface area contributed by atoms with Gasteiger partial charge < -0.3 is 9.30 Å². The Kier molecular flexibility index (Phi) is 4.02. The van der Waals surface area contributed by atoms with Crippen LogP contribution in [0.2, 0.25) is 0 Å². The molecule has 1 atom stereocenters. The van der Waals surface area contributed by atoms with Gasteiger partial charge in [0.05, 0.1) is 18.8 Å². The van der Waals surface area contributed by atoms with E-state index < -0.39 is 0 Å². The van der Waals surface area contributed by atoms with Crippen LogP contribution in [0.25, 0.3) is 22.5 Å². The quantitative estimate of drug-likeness (QED) is 0.725. The van der Waals surface area contributed by atoms with Gasteiger partial charge in [-0.25, -0.2) is 4.98 Å². The highest BCUT2D eigenvalue weighted by atomic mass is 16.5. The number of hydrogen-bond donors (Lipinski definition) is 0. The molecule has 3 aromatic heterocycles. The normalized spacial score (nSPS) is 12.5. The molecular formula is C16H19N5O. The molecule has 1 unspecified atom stereocenters. The van der Waals surface area contributed by atoms with Gasteiger partial charge in [-0.2, -0.15) is 5.10 Å². The molecule has 0 bridgehead atoms. The average molecular weight is 297 g/mol. The van der Waals surface area contributed by atoms with Gasteiger partial charge in [-0.15, -0.1) is 0 Å². The lowest BCUT2D eigenvalue weighted by Gasteiger charge is -2.14. The second kappa shape index (κ2) is 6.11. The van der Waals surface area contributed by atoms with Gasteiger partial charge in [-0.1, -0.05) is 0 Å². The number of hydrogen-bond acceptors (Lipinski definition) is 4. The summed E-state index contributed by atoms with van der Waals surface area (Å²) in [6, 6.07) is 1.98. The first kappa shape index (κ1) is 14.5. The zero-order chi connectivity index (χ0) is 15.5. The summed E-state index contributed by atoms with van der Waals surface area (Å²) in [5.41, 5.74) is 3.09. The van der Waals surface area contributed by atoms with Gasteiger partial charge in [0.2, 0.25) is 0 Å². The summed E-state index contributed by atoms with van der Waals surface area (Å²) < 4.78 is 9.24. The Morgan fingerprint density at radius 3 is 2.82 bits per heavy atom. The maximum Gasteiger partial charge on any atom is 0.140 e. The van der Waals surface area contributed by atoms with E-state index in [4.69, 9.17) is 4.74 Å². The number of nitrogens with zero attached hydrogens (tertiary/aromatic N) is 5. The topological polar surface area (TPSA) is 57.8 Å². The Morgan fingerprint density at radius 1 is 1.23 bits per heavy atom. The fourth-order valence-corrected chi connectivity index (χ4v) is 2.43. The molecule has 22 heavy (non-hydrogen) atoms. The SMILES string of the molecule is COC(C)Cn1ccnc1-c1ccncc1-c1cnn(C)c1. The number of aromatic nitrogens is 5. The Hall–Kier alpha value is -2.47. The predicted molar refractivity (Wildman–Crippen MR) is 84.1 cm³/mol. The maximum absolute atomic E-state index is 5.36. The van der Waals surface area contributed by atoms with Gasteiger partial charge in [0.25, 0.3) is 0 Å². The van der Waals surface area contributed by atoms with Crippen LogP contribution in [0.3, 0.4) is 0 Å². The minimum absolute atomic E-state index is 0.122. The first-order valence-corrected chi connectivity index (χ1v) is 7.16. The largest absolute Gasteiger partial charge is 0.380 e. The molecule has 3 aromatic rings. The number of pyridine rings is 1. The monoisotopic (exact) mass is 297 g/mol. The summed E-state index contributed by atoms with van der Waals surface area (Å²) in [4.78, 5) is 8.77. The molecule has 6 heteroatoms. The number of aryl methyl sites for hydroxylation is 1. The number of methoxy groups -OCH3 is 1. The van der Waals surface area contributed by atoms with Crippen molar-refractivity contribution in [2.75, 3.05) is 7.11 Å². The van der Waals surface area contributed by atoms with E-state index in [1.54, 1.807) is 18.0 Å². The molecule has 3 rings (SSSR count). The van der Waals surface area contributed by atoms with Crippen molar-refractivity contribution in [3.05, 3.63) is 43.2 Å². The Balaban J connectivity index is 2.05. The van der Waals surface area contributed by atoms with Crippen LogP contribution in [0.5, 0.6) is 0 Å². The Labute approximate surface area is 129 Å². The lowest BCUT2D eigenvalue weighted by atomic mass is 10.0. The van der Waals surface area contributed by atoms with E-state index >= 15 is 0 Å². The minimum atomic E-state index is 0.122. The second-order valence-electron chi connectivity index (χ2n) is 5.27. The van der Waals surface area contributed by atoms with E-state index in [-0.39, 0.29) is 6.10 Å². The van der Waals surface area contributed by atoms with Crippen molar-refractivity contribution in [3.63, 3.8) is 0 Å². The molecule has 0 N–H and O–H groups in total. The van der Waals surface area contributed by atoms with Gasteiger partial charge in [0, 0.05) is 61.8 Å². The third-order valence-corrected chi connectivity index (χ3v) is 3.65. The summed E-state index contributed by atoms with van der Waals surface area (Å²) in [5.74, 6) is 0.908. The van der Waals surface area contributed by atoms with Gasteiger partial charge in [-0.05, 0) is 13.0 Å². The molecule has 0 saturated heterocycles. The van der Waals surface area contributed by atoms with Crippen LogP contribution in [0.1, 0.15) is 6.92 Å². The van der Waals surface area contributed by atoms with E-state index in [9.17, 15) is 0 Å². The summed E-state index contributed by atoms with van der Waals surface area (Å²) in [7, 11) is 3.62. The number of ether oxygens (including phenoxy) is 1. The Morgan fingerprint density at radius 2 is 2.09 bits per heavy atom. The summed E-state index contributed by atoms with van der Waals surface area (Å²) >= 11 is 0. The highest BCUT2D eigenvalue weighted by Gasteiger charge is 2.14. The van der Waals surface area contributed by atoms with Crippen LogP contribution < -0.4 is 0 Å². The van der Waals surface area contributed by atoms with Crippen LogP contribution in [0.15, 0.2) is 43.2 Å². The van der Waals surface area contributed by atoms with Crippen LogP contribution in [0, 0.1) is 0 Å². The molecule has 114 valence electrons. The van der Waals surface area contributed by atoms with Crippen molar-refractivity contribution in [2.24, 2.45) is 7.05 Å². The van der Waals surface area contributed by atoms with Crippen LogP contribution in [-0.4, -0.2) is 37.5 Å². The average Bonchev–Trinajstić information content (AvgIpc) is 3.16. The van der Waals surface area contributed by atoms with Crippen molar-refractivity contribution in [2.45, 2.75) is 19.6 Å². The first-order chi connectivity index (χ1) is 10.7. The third-order valence-electron chi connectivity index (χ3n) is 3.65. The Bertz CT molecular complexity index is 761. The molecular weight excluding hydrogens is 278 g/mol. The summed E-state index contributed by atoms with van der Waals surface area (Å²) in [5, 5.41) is 4.24. The van der Waals surface area contributed by atoms with E-state index in [1.165, 1.54) is 0 Å². The van der Waals surface area contributed by atoms with Crippen molar-refractivity contribution < 1.29 is 4.74 Å². The molecule has 3 heterocycles. The molecule has 0 aliphatic carbocycles. The maximum atomic E-state index is 5.36. The van der Waals surface area contributed by atoms with E-state index in [1.807, 2.05) is 51.0 Å². The van der Waals surface area contributed by atoms with Gasteiger partial charge in [0.15, 0.2) is 0 Å². The molecule has 0 radical (unpaired) electrons. The van der Waals surface area contributed by atoms with Crippen molar-refractivity contribution in [1.29, 1.82) is 0 Å². The van der Waals surface area contributed by atoms with Crippen LogP contribution >= 0.6 is 0 Å². The fourth-order valence-electron chi connectivity index (χ4n) is 2.43. The van der Waals surface area contributed by atoms with Crippen LogP contribution in [-0.2, 0) is 18.3 Å². The van der Waals surface area contributed by atoms with Gasteiger partial charge in [-0.3, -0.25) is 9.67 Å². The molecule has 0 saturated carbocycles. The second-order valence-corrected chi connectivity index (χ2v) is 5.27. The smallest absolute Gasteiger partial charge is 0.140 e. The third kappa shape index (κ3) is 2.78. The fraction of sp³-hybridized carbons (Fsp3) is 0.312. The van der Waals surface area contributed by atoms with Crippen molar-refractivity contribution in [1.82, 2.24) is 24.3 Å². The molecule has 0 aliphatic rings. The molecule has 6 nitrogen and oxygen atoms in total. The molecule has 0 amide bonds. The van der Waals surface area contributed by atoms with Crippen molar-refractivity contribution in [3.8, 4) is 22.5 Å². The minimum Gasteiger partial charge on any atom is -0.380 e. The van der Waals surface area contributed by atoms with Crippen molar-refractivity contribution >= 4 is 0 Å². The highest BCUT2D eigenvalue weighted by Crippen LogP contribution is 2.30. The molecule has 0 aliphatic heterocycles. The summed E-state index contributed by atoms with van der Waals surface area (Å²) in [6.07, 6.45) is 11.4. The molecule has 0 fully saturated rings.